The third-order valence-electron chi connectivity index (χ3n) is 3.09. The zero-order valence-electron chi connectivity index (χ0n) is 11.7. The lowest BCUT2D eigenvalue weighted by Crippen LogP contribution is -2.38. The van der Waals surface area contributed by atoms with Gasteiger partial charge in [0.25, 0.3) is 0 Å². The number of carbonyl (C=O) groups is 1. The van der Waals surface area contributed by atoms with E-state index in [-0.39, 0.29) is 12.5 Å². The van der Waals surface area contributed by atoms with E-state index >= 15 is 0 Å². The van der Waals surface area contributed by atoms with Crippen LogP contribution in [-0.2, 0) is 27.4 Å². The summed E-state index contributed by atoms with van der Waals surface area (Å²) in [5, 5.41) is 12.8. The number of hydrogen-bond acceptors (Lipinski definition) is 5. The first-order valence-electron chi connectivity index (χ1n) is 6.74. The molecule has 1 fully saturated rings. The molecule has 0 amide bonds. The normalized spacial score (nSPS) is 19.4. The summed E-state index contributed by atoms with van der Waals surface area (Å²) in [6, 6.07) is 0. The Bertz CT molecular complexity index is 429. The standard InChI is InChI=1S/C13H21N3O4/c1-15(9-12-10-19-4-5-20-12)7-11-6-14-16(8-11)3-2-13(17)18/h6,8,12H,2-5,7,9-10H2,1H3,(H,17,18)/t12-/m0/s1. The van der Waals surface area contributed by atoms with Gasteiger partial charge >= 0.3 is 5.97 Å². The Morgan fingerprint density at radius 3 is 3.15 bits per heavy atom. The van der Waals surface area contributed by atoms with Gasteiger partial charge in [0.15, 0.2) is 0 Å². The van der Waals surface area contributed by atoms with Crippen LogP contribution in [0.25, 0.3) is 0 Å². The van der Waals surface area contributed by atoms with E-state index in [1.54, 1.807) is 10.9 Å². The number of likely N-dealkylation sites (N-methyl/N-ethyl adjacent to an activating group) is 1. The van der Waals surface area contributed by atoms with Crippen LogP contribution in [-0.4, -0.2) is 65.3 Å². The molecule has 2 heterocycles. The highest BCUT2D eigenvalue weighted by Gasteiger charge is 2.16. The minimum atomic E-state index is -0.811. The molecule has 1 atom stereocenters. The number of aliphatic carboxylic acids is 1. The van der Waals surface area contributed by atoms with Crippen molar-refractivity contribution in [3.05, 3.63) is 18.0 Å². The van der Waals surface area contributed by atoms with Crippen LogP contribution in [0.3, 0.4) is 0 Å². The number of aryl methyl sites for hydroxylation is 1. The second-order valence-corrected chi connectivity index (χ2v) is 5.02. The maximum Gasteiger partial charge on any atom is 0.305 e. The number of rotatable bonds is 7. The number of ether oxygens (including phenoxy) is 2. The van der Waals surface area contributed by atoms with Gasteiger partial charge in [-0.05, 0) is 7.05 Å². The monoisotopic (exact) mass is 283 g/mol. The van der Waals surface area contributed by atoms with E-state index in [2.05, 4.69) is 10.00 Å². The molecule has 0 spiro atoms. The minimum Gasteiger partial charge on any atom is -0.481 e. The van der Waals surface area contributed by atoms with Gasteiger partial charge < -0.3 is 14.6 Å². The molecular weight excluding hydrogens is 262 g/mol. The summed E-state index contributed by atoms with van der Waals surface area (Å²) in [7, 11) is 2.02. The zero-order chi connectivity index (χ0) is 14.4. The Balaban J connectivity index is 1.75. The molecule has 1 saturated heterocycles. The highest BCUT2D eigenvalue weighted by Crippen LogP contribution is 2.07. The average molecular weight is 283 g/mol. The molecule has 1 N–H and O–H groups in total. The molecule has 2 rings (SSSR count). The molecule has 7 heteroatoms. The Hall–Kier alpha value is -1.44. The van der Waals surface area contributed by atoms with Crippen LogP contribution in [0.15, 0.2) is 12.4 Å². The van der Waals surface area contributed by atoms with E-state index in [4.69, 9.17) is 14.6 Å². The van der Waals surface area contributed by atoms with Gasteiger partial charge in [0.1, 0.15) is 0 Å². The van der Waals surface area contributed by atoms with Gasteiger partial charge in [-0.25, -0.2) is 0 Å². The first-order valence-corrected chi connectivity index (χ1v) is 6.74. The molecular formula is C13H21N3O4. The van der Waals surface area contributed by atoms with E-state index in [1.807, 2.05) is 13.2 Å². The Morgan fingerprint density at radius 1 is 1.60 bits per heavy atom. The average Bonchev–Trinajstić information content (AvgIpc) is 2.85. The van der Waals surface area contributed by atoms with Crippen molar-refractivity contribution in [3.8, 4) is 0 Å². The molecule has 1 aliphatic heterocycles. The van der Waals surface area contributed by atoms with Crippen molar-refractivity contribution in [1.29, 1.82) is 0 Å². The molecule has 112 valence electrons. The molecule has 1 aromatic heterocycles. The van der Waals surface area contributed by atoms with Crippen LogP contribution >= 0.6 is 0 Å². The second kappa shape index (κ2) is 7.37. The van der Waals surface area contributed by atoms with E-state index in [0.29, 0.717) is 26.4 Å². The number of carboxylic acids is 1. The fraction of sp³-hybridized carbons (Fsp3) is 0.692. The van der Waals surface area contributed by atoms with Gasteiger partial charge in [-0.3, -0.25) is 14.4 Å². The van der Waals surface area contributed by atoms with Crippen molar-refractivity contribution < 1.29 is 19.4 Å². The molecule has 7 nitrogen and oxygen atoms in total. The van der Waals surface area contributed by atoms with Gasteiger partial charge in [-0.15, -0.1) is 0 Å². The van der Waals surface area contributed by atoms with Crippen LogP contribution < -0.4 is 0 Å². The van der Waals surface area contributed by atoms with Gasteiger partial charge in [-0.1, -0.05) is 0 Å². The quantitative estimate of drug-likeness (QED) is 0.770. The van der Waals surface area contributed by atoms with Crippen molar-refractivity contribution in [2.45, 2.75) is 25.6 Å². The summed E-state index contributed by atoms with van der Waals surface area (Å²) in [6.07, 6.45) is 3.87. The Labute approximate surface area is 118 Å². The van der Waals surface area contributed by atoms with Crippen molar-refractivity contribution in [1.82, 2.24) is 14.7 Å². The van der Waals surface area contributed by atoms with E-state index in [9.17, 15) is 4.79 Å². The number of carboxylic acid groups (broad SMARTS) is 1. The molecule has 20 heavy (non-hydrogen) atoms. The smallest absolute Gasteiger partial charge is 0.305 e. The predicted octanol–water partition coefficient (Wildman–Crippen LogP) is 0.205. The summed E-state index contributed by atoms with van der Waals surface area (Å²) in [4.78, 5) is 12.7. The predicted molar refractivity (Wildman–Crippen MR) is 71.4 cm³/mol. The summed E-state index contributed by atoms with van der Waals surface area (Å²) < 4.78 is 12.6. The molecule has 0 aromatic carbocycles. The molecule has 0 aliphatic carbocycles. The third kappa shape index (κ3) is 4.92. The number of hydrogen-bond donors (Lipinski definition) is 1. The third-order valence-corrected chi connectivity index (χ3v) is 3.09. The number of nitrogens with zero attached hydrogens (tertiary/aromatic N) is 3. The van der Waals surface area contributed by atoms with E-state index in [1.165, 1.54) is 0 Å². The van der Waals surface area contributed by atoms with Crippen LogP contribution in [0.1, 0.15) is 12.0 Å². The van der Waals surface area contributed by atoms with Gasteiger partial charge in [0, 0.05) is 24.8 Å². The topological polar surface area (TPSA) is 76.8 Å². The molecule has 0 unspecified atom stereocenters. The maximum atomic E-state index is 10.5. The molecule has 0 bridgehead atoms. The van der Waals surface area contributed by atoms with Gasteiger partial charge in [-0.2, -0.15) is 5.10 Å². The van der Waals surface area contributed by atoms with E-state index < -0.39 is 5.97 Å². The highest BCUT2D eigenvalue weighted by atomic mass is 16.6. The minimum absolute atomic E-state index is 0.0875. The fourth-order valence-corrected chi connectivity index (χ4v) is 2.19. The Morgan fingerprint density at radius 2 is 2.45 bits per heavy atom. The fourth-order valence-electron chi connectivity index (χ4n) is 2.19. The largest absolute Gasteiger partial charge is 0.481 e. The summed E-state index contributed by atoms with van der Waals surface area (Å²) in [6.45, 7) is 3.94. The van der Waals surface area contributed by atoms with Gasteiger partial charge in [0.2, 0.25) is 0 Å². The molecule has 0 saturated carbocycles. The Kier molecular flexibility index (Phi) is 5.51. The van der Waals surface area contributed by atoms with Crippen LogP contribution in [0, 0.1) is 0 Å². The summed E-state index contributed by atoms with van der Waals surface area (Å²) >= 11 is 0. The molecule has 1 aliphatic rings. The zero-order valence-corrected chi connectivity index (χ0v) is 11.7. The molecule has 1 aromatic rings. The first-order chi connectivity index (χ1) is 9.63. The first kappa shape index (κ1) is 15.0. The molecule has 0 radical (unpaired) electrons. The lowest BCUT2D eigenvalue weighted by Gasteiger charge is -2.27. The summed E-state index contributed by atoms with van der Waals surface area (Å²) in [5.41, 5.74) is 1.06. The van der Waals surface area contributed by atoms with Gasteiger partial charge in [0.05, 0.1) is 45.1 Å². The van der Waals surface area contributed by atoms with Crippen LogP contribution in [0.2, 0.25) is 0 Å². The van der Waals surface area contributed by atoms with Crippen molar-refractivity contribution in [2.75, 3.05) is 33.4 Å². The van der Waals surface area contributed by atoms with Crippen LogP contribution in [0.4, 0.5) is 0 Å². The van der Waals surface area contributed by atoms with Crippen molar-refractivity contribution >= 4 is 5.97 Å². The van der Waals surface area contributed by atoms with Crippen molar-refractivity contribution in [2.24, 2.45) is 0 Å². The number of aromatic nitrogens is 2. The summed E-state index contributed by atoms with van der Waals surface area (Å²) in [5.74, 6) is -0.811. The maximum absolute atomic E-state index is 10.5. The van der Waals surface area contributed by atoms with Crippen LogP contribution in [0.5, 0.6) is 0 Å². The highest BCUT2D eigenvalue weighted by molar-refractivity contribution is 5.66. The lowest BCUT2D eigenvalue weighted by atomic mass is 10.3. The lowest BCUT2D eigenvalue weighted by molar-refractivity contribution is -0.137. The second-order valence-electron chi connectivity index (χ2n) is 5.02. The van der Waals surface area contributed by atoms with Crippen molar-refractivity contribution in [3.63, 3.8) is 0 Å². The van der Waals surface area contributed by atoms with E-state index in [0.717, 1.165) is 18.7 Å². The SMILES string of the molecule is CN(Cc1cnn(CCC(=O)O)c1)C[C@H]1COCCO1.